The quantitative estimate of drug-likeness (QED) is 0.628. The third-order valence-corrected chi connectivity index (χ3v) is 7.70. The normalized spacial score (nSPS) is 32.9. The van der Waals surface area contributed by atoms with Gasteiger partial charge in [-0.25, -0.2) is 0 Å². The highest BCUT2D eigenvalue weighted by atomic mass is 16.5. The fourth-order valence-electron chi connectivity index (χ4n) is 6.05. The monoisotopic (exact) mass is 410 g/mol. The van der Waals surface area contributed by atoms with Gasteiger partial charge in [-0.05, 0) is 73.8 Å². The predicted octanol–water partition coefficient (Wildman–Crippen LogP) is 4.09. The number of aliphatic hydroxyl groups is 3. The Labute approximate surface area is 179 Å². The number of hydrogen-bond acceptors (Lipinski definition) is 4. The van der Waals surface area contributed by atoms with E-state index in [1.807, 2.05) is 36.4 Å². The zero-order chi connectivity index (χ0) is 21.4. The molecular weight excluding hydrogens is 376 g/mol. The molecular formula is C26H34O4. The second-order valence-electron chi connectivity index (χ2n) is 9.37. The number of aryl methyl sites for hydroxylation is 1. The summed E-state index contributed by atoms with van der Waals surface area (Å²) in [5.41, 5.74) is 0.760. The van der Waals surface area contributed by atoms with Crippen molar-refractivity contribution in [3.63, 3.8) is 0 Å². The van der Waals surface area contributed by atoms with Crippen LogP contribution in [0, 0.1) is 5.92 Å². The first-order valence-corrected chi connectivity index (χ1v) is 11.2. The Bertz CT molecular complexity index is 878. The third-order valence-electron chi connectivity index (χ3n) is 7.70. The van der Waals surface area contributed by atoms with Crippen molar-refractivity contribution < 1.29 is 20.1 Å². The fraction of sp³-hybridized carbons (Fsp3) is 0.538. The van der Waals surface area contributed by atoms with Crippen LogP contribution in [-0.4, -0.2) is 34.1 Å². The van der Waals surface area contributed by atoms with E-state index in [9.17, 15) is 10.2 Å². The predicted molar refractivity (Wildman–Crippen MR) is 118 cm³/mol. The van der Waals surface area contributed by atoms with E-state index in [2.05, 4.69) is 19.1 Å². The maximum atomic E-state index is 11.7. The number of aliphatic hydroxyl groups excluding tert-OH is 1. The topological polar surface area (TPSA) is 69.9 Å². The van der Waals surface area contributed by atoms with Gasteiger partial charge in [0.05, 0.1) is 12.2 Å². The van der Waals surface area contributed by atoms with Crippen molar-refractivity contribution in [1.29, 1.82) is 0 Å². The lowest BCUT2D eigenvalue weighted by Gasteiger charge is -2.59. The highest BCUT2D eigenvalue weighted by Crippen LogP contribution is 2.60. The van der Waals surface area contributed by atoms with Crippen LogP contribution in [0.25, 0.3) is 0 Å². The highest BCUT2D eigenvalue weighted by Gasteiger charge is 2.60. The zero-order valence-corrected chi connectivity index (χ0v) is 18.1. The van der Waals surface area contributed by atoms with E-state index in [0.717, 1.165) is 30.6 Å². The summed E-state index contributed by atoms with van der Waals surface area (Å²) >= 11 is 0. The van der Waals surface area contributed by atoms with Crippen LogP contribution < -0.4 is 4.74 Å². The van der Waals surface area contributed by atoms with Gasteiger partial charge in [-0.1, -0.05) is 43.3 Å². The minimum Gasteiger partial charge on any atom is -0.493 e. The van der Waals surface area contributed by atoms with Gasteiger partial charge in [0.25, 0.3) is 0 Å². The molecule has 2 aromatic rings. The largest absolute Gasteiger partial charge is 0.493 e. The number of benzene rings is 2. The molecule has 0 amide bonds. The summed E-state index contributed by atoms with van der Waals surface area (Å²) in [4.78, 5) is 0. The van der Waals surface area contributed by atoms with Gasteiger partial charge in [0, 0.05) is 18.4 Å². The molecule has 4 heteroatoms. The average Bonchev–Trinajstić information content (AvgIpc) is 2.75. The summed E-state index contributed by atoms with van der Waals surface area (Å²) in [6.07, 6.45) is 4.59. The molecule has 0 radical (unpaired) electrons. The van der Waals surface area contributed by atoms with Crippen LogP contribution in [0.3, 0.4) is 0 Å². The second-order valence-corrected chi connectivity index (χ2v) is 9.37. The van der Waals surface area contributed by atoms with E-state index < -0.39 is 11.2 Å². The number of rotatable bonds is 6. The first-order valence-electron chi connectivity index (χ1n) is 11.2. The van der Waals surface area contributed by atoms with Gasteiger partial charge in [-0.15, -0.1) is 0 Å². The Kier molecular flexibility index (Phi) is 5.69. The Balaban J connectivity index is 1.70. The molecule has 0 bridgehead atoms. The van der Waals surface area contributed by atoms with Gasteiger partial charge in [-0.3, -0.25) is 0 Å². The molecule has 0 spiro atoms. The summed E-state index contributed by atoms with van der Waals surface area (Å²) < 4.78 is 5.80. The standard InChI is InChI=1S/C26H34O4/c1-3-25-18-24(2,28)26(29,20-8-5-4-6-9-20)17-21(25)11-10-19-16-22(12-13-23(19)25)30-15-7-14-27/h4-6,8-9,12-13,16,21,27-29H,3,7,10-11,14-15,17-18H2,1-2H3/t21-,24?,25?,26?/m1/s1. The summed E-state index contributed by atoms with van der Waals surface area (Å²) in [6.45, 7) is 4.64. The van der Waals surface area contributed by atoms with Gasteiger partial charge in [0.2, 0.25) is 0 Å². The van der Waals surface area contributed by atoms with E-state index in [-0.39, 0.29) is 12.0 Å². The molecule has 3 unspecified atom stereocenters. The van der Waals surface area contributed by atoms with Gasteiger partial charge in [0.1, 0.15) is 11.4 Å². The molecule has 1 fully saturated rings. The summed E-state index contributed by atoms with van der Waals surface area (Å²) in [7, 11) is 0. The Hall–Kier alpha value is -1.88. The third kappa shape index (κ3) is 3.35. The van der Waals surface area contributed by atoms with Gasteiger partial charge in [0.15, 0.2) is 0 Å². The smallest absolute Gasteiger partial charge is 0.119 e. The molecule has 30 heavy (non-hydrogen) atoms. The lowest BCUT2D eigenvalue weighted by atomic mass is 9.49. The minimum absolute atomic E-state index is 0.130. The van der Waals surface area contributed by atoms with E-state index in [1.165, 1.54) is 11.1 Å². The second kappa shape index (κ2) is 7.99. The average molecular weight is 411 g/mol. The van der Waals surface area contributed by atoms with Crippen molar-refractivity contribution in [2.75, 3.05) is 13.2 Å². The Morgan fingerprint density at radius 1 is 1.10 bits per heavy atom. The maximum absolute atomic E-state index is 11.7. The molecule has 4 nitrogen and oxygen atoms in total. The fourth-order valence-corrected chi connectivity index (χ4v) is 6.05. The zero-order valence-electron chi connectivity index (χ0n) is 18.1. The number of ether oxygens (including phenoxy) is 1. The van der Waals surface area contributed by atoms with Crippen LogP contribution in [0.1, 0.15) is 62.6 Å². The molecule has 0 heterocycles. The van der Waals surface area contributed by atoms with Crippen LogP contribution in [-0.2, 0) is 17.4 Å². The Morgan fingerprint density at radius 3 is 2.57 bits per heavy atom. The maximum Gasteiger partial charge on any atom is 0.119 e. The minimum atomic E-state index is -1.25. The number of hydrogen-bond donors (Lipinski definition) is 3. The molecule has 2 aliphatic rings. The van der Waals surface area contributed by atoms with E-state index in [1.54, 1.807) is 6.92 Å². The first-order chi connectivity index (χ1) is 14.4. The summed E-state index contributed by atoms with van der Waals surface area (Å²) in [5.74, 6) is 1.15. The van der Waals surface area contributed by atoms with Crippen LogP contribution in [0.2, 0.25) is 0 Å². The summed E-state index contributed by atoms with van der Waals surface area (Å²) in [5, 5.41) is 32.3. The molecule has 4 atom stereocenters. The van der Waals surface area contributed by atoms with E-state index in [4.69, 9.17) is 9.84 Å². The molecule has 4 rings (SSSR count). The van der Waals surface area contributed by atoms with Crippen molar-refractivity contribution >= 4 is 0 Å². The van der Waals surface area contributed by atoms with Crippen LogP contribution in [0.15, 0.2) is 48.5 Å². The molecule has 162 valence electrons. The van der Waals surface area contributed by atoms with Crippen molar-refractivity contribution in [3.05, 3.63) is 65.2 Å². The van der Waals surface area contributed by atoms with Crippen molar-refractivity contribution in [2.45, 2.75) is 69.0 Å². The molecule has 0 aromatic heterocycles. The Morgan fingerprint density at radius 2 is 1.87 bits per heavy atom. The van der Waals surface area contributed by atoms with Gasteiger partial charge >= 0.3 is 0 Å². The molecule has 2 aromatic carbocycles. The SMILES string of the molecule is CCC12CC(C)(O)C(O)(c3ccccc3)C[C@H]1CCc1cc(OCCCO)ccc12. The van der Waals surface area contributed by atoms with Crippen LogP contribution in [0.5, 0.6) is 5.75 Å². The van der Waals surface area contributed by atoms with Crippen molar-refractivity contribution in [2.24, 2.45) is 5.92 Å². The van der Waals surface area contributed by atoms with Crippen molar-refractivity contribution in [3.8, 4) is 5.75 Å². The summed E-state index contributed by atoms with van der Waals surface area (Å²) in [6, 6.07) is 16.0. The molecule has 0 aliphatic heterocycles. The molecule has 1 saturated carbocycles. The molecule has 0 saturated heterocycles. The van der Waals surface area contributed by atoms with Crippen molar-refractivity contribution in [1.82, 2.24) is 0 Å². The lowest BCUT2D eigenvalue weighted by Crippen LogP contribution is -2.62. The van der Waals surface area contributed by atoms with Crippen LogP contribution in [0.4, 0.5) is 0 Å². The lowest BCUT2D eigenvalue weighted by molar-refractivity contribution is -0.205. The van der Waals surface area contributed by atoms with E-state index >= 15 is 0 Å². The van der Waals surface area contributed by atoms with Gasteiger partial charge < -0.3 is 20.1 Å². The molecule has 2 aliphatic carbocycles. The van der Waals surface area contributed by atoms with Gasteiger partial charge in [-0.2, -0.15) is 0 Å². The number of fused-ring (bicyclic) bond motifs is 3. The molecule has 3 N–H and O–H groups in total. The highest BCUT2D eigenvalue weighted by molar-refractivity contribution is 5.45. The first kappa shape index (κ1) is 21.4. The van der Waals surface area contributed by atoms with Crippen LogP contribution >= 0.6 is 0 Å². The van der Waals surface area contributed by atoms with E-state index in [0.29, 0.717) is 31.8 Å².